The van der Waals surface area contributed by atoms with Gasteiger partial charge in [-0.2, -0.15) is 5.21 Å². The summed E-state index contributed by atoms with van der Waals surface area (Å²) in [6.45, 7) is 0. The van der Waals surface area contributed by atoms with Crippen LogP contribution in [-0.2, 0) is 0 Å². The minimum absolute atomic E-state index is 0.434. The molecule has 0 bridgehead atoms. The second-order valence-electron chi connectivity index (χ2n) is 2.87. The average Bonchev–Trinajstić information content (AvgIpc) is 2.79. The fourth-order valence-corrected chi connectivity index (χ4v) is 1.36. The molecule has 0 aliphatic rings. The summed E-state index contributed by atoms with van der Waals surface area (Å²) < 4.78 is 4.99. The molecule has 0 saturated heterocycles. The number of nitrogens with zero attached hydrogens (tertiary/aromatic N) is 3. The van der Waals surface area contributed by atoms with Crippen LogP contribution in [0.1, 0.15) is 0 Å². The molecular formula is C9H6N4O. The second-order valence-corrected chi connectivity index (χ2v) is 2.87. The maximum atomic E-state index is 4.99. The van der Waals surface area contributed by atoms with Gasteiger partial charge in [0.25, 0.3) is 5.71 Å². The van der Waals surface area contributed by atoms with Gasteiger partial charge < -0.3 is 4.52 Å². The van der Waals surface area contributed by atoms with Gasteiger partial charge in [0.05, 0.1) is 0 Å². The summed E-state index contributed by atoms with van der Waals surface area (Å²) in [7, 11) is 0. The Morgan fingerprint density at radius 1 is 1.07 bits per heavy atom. The molecule has 0 saturated carbocycles. The predicted molar refractivity (Wildman–Crippen MR) is 49.4 cm³/mol. The van der Waals surface area contributed by atoms with Crippen LogP contribution in [0.4, 0.5) is 0 Å². The number of benzene rings is 1. The highest BCUT2D eigenvalue weighted by molar-refractivity contribution is 5.85. The smallest absolute Gasteiger partial charge is 0.296 e. The Morgan fingerprint density at radius 3 is 2.79 bits per heavy atom. The quantitative estimate of drug-likeness (QED) is 0.626. The van der Waals surface area contributed by atoms with Crippen molar-refractivity contribution in [3.63, 3.8) is 0 Å². The first-order valence-corrected chi connectivity index (χ1v) is 4.17. The molecular weight excluding hydrogens is 180 g/mol. The molecule has 68 valence electrons. The van der Waals surface area contributed by atoms with Gasteiger partial charge in [-0.05, 0) is 0 Å². The lowest BCUT2D eigenvalue weighted by atomic mass is 10.1. The van der Waals surface area contributed by atoms with Crippen molar-refractivity contribution in [1.29, 1.82) is 0 Å². The average molecular weight is 186 g/mol. The molecule has 0 amide bonds. The highest BCUT2D eigenvalue weighted by Crippen LogP contribution is 2.23. The number of hydrogen-bond acceptors (Lipinski definition) is 4. The fraction of sp³-hybridized carbons (Fsp3) is 0. The van der Waals surface area contributed by atoms with E-state index in [0.717, 1.165) is 5.56 Å². The van der Waals surface area contributed by atoms with E-state index in [1.54, 1.807) is 0 Å². The highest BCUT2D eigenvalue weighted by atomic mass is 16.5. The van der Waals surface area contributed by atoms with Crippen LogP contribution in [0.25, 0.3) is 22.5 Å². The molecule has 2 aromatic heterocycles. The fourth-order valence-electron chi connectivity index (χ4n) is 1.36. The monoisotopic (exact) mass is 186 g/mol. The summed E-state index contributed by atoms with van der Waals surface area (Å²) in [5.41, 5.74) is 2.79. The Labute approximate surface area is 78.7 Å². The molecule has 0 fully saturated rings. The third-order valence-electron chi connectivity index (χ3n) is 2.01. The topological polar surface area (TPSA) is 67.6 Å². The first-order valence-electron chi connectivity index (χ1n) is 4.17. The van der Waals surface area contributed by atoms with Gasteiger partial charge in [-0.25, -0.2) is 0 Å². The van der Waals surface area contributed by atoms with E-state index in [-0.39, 0.29) is 0 Å². The van der Waals surface area contributed by atoms with Crippen LogP contribution in [-0.4, -0.2) is 20.6 Å². The maximum Gasteiger partial charge on any atom is 0.296 e. The number of hydrogen-bond donors (Lipinski definition) is 1. The molecule has 0 radical (unpaired) electrons. The van der Waals surface area contributed by atoms with Crippen LogP contribution >= 0.6 is 0 Å². The SMILES string of the molecule is c1ccc(-c2noc3n[nH]nc23)cc1. The summed E-state index contributed by atoms with van der Waals surface area (Å²) in [6.07, 6.45) is 0. The molecule has 2 heterocycles. The van der Waals surface area contributed by atoms with Gasteiger partial charge >= 0.3 is 0 Å². The van der Waals surface area contributed by atoms with Crippen molar-refractivity contribution in [2.75, 3.05) is 0 Å². The summed E-state index contributed by atoms with van der Waals surface area (Å²) >= 11 is 0. The van der Waals surface area contributed by atoms with E-state index in [1.807, 2.05) is 30.3 Å². The van der Waals surface area contributed by atoms with E-state index >= 15 is 0 Å². The lowest BCUT2D eigenvalue weighted by molar-refractivity contribution is 0.449. The van der Waals surface area contributed by atoms with Crippen molar-refractivity contribution in [3.05, 3.63) is 30.3 Å². The molecule has 3 aromatic rings. The Kier molecular flexibility index (Phi) is 1.38. The molecule has 1 aromatic carbocycles. The molecule has 0 unspecified atom stereocenters. The van der Waals surface area contributed by atoms with E-state index in [4.69, 9.17) is 4.52 Å². The first-order chi connectivity index (χ1) is 6.95. The van der Waals surface area contributed by atoms with Gasteiger partial charge in [-0.3, -0.25) is 0 Å². The van der Waals surface area contributed by atoms with Gasteiger partial charge in [0.2, 0.25) is 0 Å². The van der Waals surface area contributed by atoms with E-state index in [9.17, 15) is 0 Å². The lowest BCUT2D eigenvalue weighted by Gasteiger charge is -1.91. The zero-order valence-electron chi connectivity index (χ0n) is 7.14. The summed E-state index contributed by atoms with van der Waals surface area (Å²) in [4.78, 5) is 0. The largest absolute Gasteiger partial charge is 0.332 e. The number of H-pyrrole nitrogens is 1. The molecule has 14 heavy (non-hydrogen) atoms. The number of aromatic amines is 1. The standard InChI is InChI=1S/C9H6N4O/c1-2-4-6(5-3-1)7-8-9(14-12-7)11-13-10-8/h1-5H,(H,10,11,13). The van der Waals surface area contributed by atoms with Gasteiger partial charge in [-0.1, -0.05) is 35.5 Å². The molecule has 5 heteroatoms. The Balaban J connectivity index is 2.28. The molecule has 0 spiro atoms. The lowest BCUT2D eigenvalue weighted by Crippen LogP contribution is -1.78. The van der Waals surface area contributed by atoms with Crippen LogP contribution in [0, 0.1) is 0 Å². The predicted octanol–water partition coefficient (Wildman–Crippen LogP) is 1.61. The van der Waals surface area contributed by atoms with E-state index < -0.39 is 0 Å². The molecule has 1 N–H and O–H groups in total. The maximum absolute atomic E-state index is 4.99. The zero-order chi connectivity index (χ0) is 9.38. The molecule has 3 rings (SSSR count). The Hall–Kier alpha value is -2.17. The van der Waals surface area contributed by atoms with E-state index in [0.29, 0.717) is 16.9 Å². The Morgan fingerprint density at radius 2 is 1.93 bits per heavy atom. The summed E-state index contributed by atoms with van der Waals surface area (Å²) in [5, 5.41) is 14.2. The van der Waals surface area contributed by atoms with Crippen molar-refractivity contribution < 1.29 is 4.52 Å². The van der Waals surface area contributed by atoms with Crippen LogP contribution in [0.3, 0.4) is 0 Å². The van der Waals surface area contributed by atoms with E-state index in [2.05, 4.69) is 20.6 Å². The minimum atomic E-state index is 0.434. The number of fused-ring (bicyclic) bond motifs is 1. The summed E-state index contributed by atoms with van der Waals surface area (Å²) in [5.74, 6) is 0. The van der Waals surface area contributed by atoms with Gasteiger partial charge in [-0.15, -0.1) is 10.2 Å². The van der Waals surface area contributed by atoms with Crippen LogP contribution < -0.4 is 0 Å². The van der Waals surface area contributed by atoms with Crippen molar-refractivity contribution in [1.82, 2.24) is 20.6 Å². The van der Waals surface area contributed by atoms with Crippen LogP contribution in [0.5, 0.6) is 0 Å². The normalized spacial score (nSPS) is 10.9. The highest BCUT2D eigenvalue weighted by Gasteiger charge is 2.12. The third kappa shape index (κ3) is 0.922. The van der Waals surface area contributed by atoms with Crippen molar-refractivity contribution in [3.8, 4) is 11.3 Å². The van der Waals surface area contributed by atoms with Crippen LogP contribution in [0.15, 0.2) is 34.9 Å². The van der Waals surface area contributed by atoms with Crippen molar-refractivity contribution >= 4 is 11.2 Å². The first kappa shape index (κ1) is 7.25. The van der Waals surface area contributed by atoms with E-state index in [1.165, 1.54) is 0 Å². The molecule has 0 aliphatic heterocycles. The number of aromatic nitrogens is 4. The third-order valence-corrected chi connectivity index (χ3v) is 2.01. The van der Waals surface area contributed by atoms with Gasteiger partial charge in [0.15, 0.2) is 5.52 Å². The zero-order valence-corrected chi connectivity index (χ0v) is 7.14. The van der Waals surface area contributed by atoms with Crippen LogP contribution in [0.2, 0.25) is 0 Å². The minimum Gasteiger partial charge on any atom is -0.332 e. The van der Waals surface area contributed by atoms with Gasteiger partial charge in [0.1, 0.15) is 5.69 Å². The van der Waals surface area contributed by atoms with Crippen molar-refractivity contribution in [2.45, 2.75) is 0 Å². The number of nitrogens with one attached hydrogen (secondary N) is 1. The molecule has 0 aliphatic carbocycles. The number of rotatable bonds is 1. The summed E-state index contributed by atoms with van der Waals surface area (Å²) in [6, 6.07) is 9.73. The molecule has 0 atom stereocenters. The molecule has 5 nitrogen and oxygen atoms in total. The Bertz CT molecular complexity index is 554. The van der Waals surface area contributed by atoms with Gasteiger partial charge in [0, 0.05) is 5.56 Å². The van der Waals surface area contributed by atoms with Crippen molar-refractivity contribution in [2.24, 2.45) is 0 Å². The second kappa shape index (κ2) is 2.66.